The summed E-state index contributed by atoms with van der Waals surface area (Å²) in [7, 11) is 0. The van der Waals surface area contributed by atoms with Gasteiger partial charge in [0.15, 0.2) is 0 Å². The largest absolute Gasteiger partial charge is 0.264 e. The van der Waals surface area contributed by atoms with E-state index in [2.05, 4.69) is 35.3 Å². The normalized spacial score (nSPS) is 11.1. The van der Waals surface area contributed by atoms with E-state index in [1.807, 2.05) is 26.2 Å². The fourth-order valence-electron chi connectivity index (χ4n) is 1.97. The second kappa shape index (κ2) is 4.26. The summed E-state index contributed by atoms with van der Waals surface area (Å²) in [5.41, 5.74) is 5.50. The van der Waals surface area contributed by atoms with E-state index in [-0.39, 0.29) is 0 Å². The maximum Gasteiger partial charge on any atom is 0.0309 e. The van der Waals surface area contributed by atoms with Crippen LogP contribution in [0.1, 0.15) is 25.0 Å². The highest BCUT2D eigenvalue weighted by Crippen LogP contribution is 2.35. The summed E-state index contributed by atoms with van der Waals surface area (Å²) in [4.78, 5) is 4.14. The SMILES string of the molecule is CC.c1ccc2c(c1)Cc1cnccc1-2. The molecule has 0 N–H and O–H groups in total. The molecule has 0 radical (unpaired) electrons. The molecule has 1 heteroatoms. The first-order chi connectivity index (χ1) is 7.45. The Morgan fingerprint density at radius 1 is 0.933 bits per heavy atom. The third kappa shape index (κ3) is 1.65. The van der Waals surface area contributed by atoms with Crippen molar-refractivity contribution in [3.8, 4) is 11.1 Å². The molecule has 1 nitrogen and oxygen atoms in total. The molecule has 1 aliphatic rings. The van der Waals surface area contributed by atoms with Crippen molar-refractivity contribution in [1.29, 1.82) is 0 Å². The molecule has 0 bridgehead atoms. The summed E-state index contributed by atoms with van der Waals surface area (Å²) in [5, 5.41) is 0. The summed E-state index contributed by atoms with van der Waals surface area (Å²) >= 11 is 0. The Morgan fingerprint density at radius 2 is 1.67 bits per heavy atom. The van der Waals surface area contributed by atoms with Crippen LogP contribution in [0.4, 0.5) is 0 Å². The predicted molar refractivity (Wildman–Crippen MR) is 63.8 cm³/mol. The highest BCUT2D eigenvalue weighted by molar-refractivity contribution is 5.75. The van der Waals surface area contributed by atoms with Gasteiger partial charge in [0.1, 0.15) is 0 Å². The molecule has 0 fully saturated rings. The topological polar surface area (TPSA) is 12.9 Å². The molecule has 0 aliphatic heterocycles. The van der Waals surface area contributed by atoms with Crippen molar-refractivity contribution < 1.29 is 0 Å². The second-order valence-electron chi connectivity index (χ2n) is 3.37. The summed E-state index contributed by atoms with van der Waals surface area (Å²) in [6, 6.07) is 10.7. The molecule has 1 heterocycles. The van der Waals surface area contributed by atoms with Gasteiger partial charge in [-0.25, -0.2) is 0 Å². The van der Waals surface area contributed by atoms with Crippen molar-refractivity contribution in [3.63, 3.8) is 0 Å². The minimum absolute atomic E-state index is 1.04. The van der Waals surface area contributed by atoms with Crippen LogP contribution in [-0.4, -0.2) is 4.98 Å². The number of hydrogen-bond acceptors (Lipinski definition) is 1. The number of fused-ring (bicyclic) bond motifs is 3. The van der Waals surface area contributed by atoms with Gasteiger partial charge in [-0.3, -0.25) is 4.98 Å². The third-order valence-corrected chi connectivity index (χ3v) is 2.59. The van der Waals surface area contributed by atoms with Crippen molar-refractivity contribution >= 4 is 0 Å². The number of rotatable bonds is 0. The maximum absolute atomic E-state index is 4.14. The maximum atomic E-state index is 4.14. The number of aromatic nitrogens is 1. The van der Waals surface area contributed by atoms with Gasteiger partial charge in [-0.2, -0.15) is 0 Å². The smallest absolute Gasteiger partial charge is 0.0309 e. The third-order valence-electron chi connectivity index (χ3n) is 2.59. The molecule has 1 aliphatic carbocycles. The lowest BCUT2D eigenvalue weighted by molar-refractivity contribution is 1.20. The van der Waals surface area contributed by atoms with Crippen molar-refractivity contribution in [3.05, 3.63) is 53.9 Å². The van der Waals surface area contributed by atoms with Gasteiger partial charge in [0, 0.05) is 18.8 Å². The number of nitrogens with zero attached hydrogens (tertiary/aromatic N) is 1. The van der Waals surface area contributed by atoms with Crippen LogP contribution >= 0.6 is 0 Å². The highest BCUT2D eigenvalue weighted by atomic mass is 14.6. The van der Waals surface area contributed by atoms with Crippen LogP contribution in [0, 0.1) is 0 Å². The van der Waals surface area contributed by atoms with Gasteiger partial charge in [0.25, 0.3) is 0 Å². The Bertz CT molecular complexity index is 417. The zero-order chi connectivity index (χ0) is 10.7. The number of hydrogen-bond donors (Lipinski definition) is 0. The summed E-state index contributed by atoms with van der Waals surface area (Å²) < 4.78 is 0. The Morgan fingerprint density at radius 3 is 2.53 bits per heavy atom. The Labute approximate surface area is 90.8 Å². The van der Waals surface area contributed by atoms with Crippen LogP contribution in [0.5, 0.6) is 0 Å². The molecular weight excluding hydrogens is 182 g/mol. The van der Waals surface area contributed by atoms with Gasteiger partial charge in [-0.1, -0.05) is 38.1 Å². The quantitative estimate of drug-likeness (QED) is 0.535. The van der Waals surface area contributed by atoms with Crippen molar-refractivity contribution in [1.82, 2.24) is 4.98 Å². The van der Waals surface area contributed by atoms with Gasteiger partial charge in [0.05, 0.1) is 0 Å². The van der Waals surface area contributed by atoms with E-state index in [9.17, 15) is 0 Å². The van der Waals surface area contributed by atoms with Gasteiger partial charge in [-0.15, -0.1) is 0 Å². The van der Waals surface area contributed by atoms with Crippen molar-refractivity contribution in [2.24, 2.45) is 0 Å². The molecule has 0 spiro atoms. The van der Waals surface area contributed by atoms with Gasteiger partial charge in [0.2, 0.25) is 0 Å². The lowest BCUT2D eigenvalue weighted by atomic mass is 10.1. The first kappa shape index (κ1) is 9.91. The lowest BCUT2D eigenvalue weighted by Crippen LogP contribution is -1.80. The van der Waals surface area contributed by atoms with Crippen LogP contribution in [0.2, 0.25) is 0 Å². The van der Waals surface area contributed by atoms with Crippen LogP contribution < -0.4 is 0 Å². The van der Waals surface area contributed by atoms with Crippen LogP contribution in [0.25, 0.3) is 11.1 Å². The molecule has 1 aromatic carbocycles. The second-order valence-corrected chi connectivity index (χ2v) is 3.37. The minimum atomic E-state index is 1.04. The van der Waals surface area contributed by atoms with Crippen molar-refractivity contribution in [2.75, 3.05) is 0 Å². The molecule has 3 rings (SSSR count). The van der Waals surface area contributed by atoms with Gasteiger partial charge >= 0.3 is 0 Å². The van der Waals surface area contributed by atoms with Crippen LogP contribution in [0.15, 0.2) is 42.7 Å². The summed E-state index contributed by atoms with van der Waals surface area (Å²) in [5.74, 6) is 0. The average Bonchev–Trinajstić information content (AvgIpc) is 2.70. The van der Waals surface area contributed by atoms with E-state index in [4.69, 9.17) is 0 Å². The Hall–Kier alpha value is -1.63. The molecule has 0 unspecified atom stereocenters. The van der Waals surface area contributed by atoms with Gasteiger partial charge < -0.3 is 0 Å². The number of pyridine rings is 1. The summed E-state index contributed by atoms with van der Waals surface area (Å²) in [6.45, 7) is 4.00. The lowest BCUT2D eigenvalue weighted by Gasteiger charge is -1.97. The zero-order valence-electron chi connectivity index (χ0n) is 9.20. The van der Waals surface area contributed by atoms with E-state index in [1.165, 1.54) is 22.3 Å². The molecule has 76 valence electrons. The fourth-order valence-corrected chi connectivity index (χ4v) is 1.97. The summed E-state index contributed by atoms with van der Waals surface area (Å²) in [6.07, 6.45) is 4.87. The molecule has 0 atom stereocenters. The molecule has 0 saturated carbocycles. The highest BCUT2D eigenvalue weighted by Gasteiger charge is 2.16. The standard InChI is InChI=1S/C12H9N.C2H6/c1-2-4-11-9(3-1)7-10-8-13-6-5-12(10)11;1-2/h1-6,8H,7H2;1-2H3. The van der Waals surface area contributed by atoms with Crippen LogP contribution in [-0.2, 0) is 6.42 Å². The van der Waals surface area contributed by atoms with E-state index in [0.29, 0.717) is 0 Å². The predicted octanol–water partition coefficient (Wildman–Crippen LogP) is 3.68. The van der Waals surface area contributed by atoms with E-state index >= 15 is 0 Å². The Balaban J connectivity index is 0.000000404. The molecule has 2 aromatic rings. The fraction of sp³-hybridized carbons (Fsp3) is 0.214. The van der Waals surface area contributed by atoms with Crippen LogP contribution in [0.3, 0.4) is 0 Å². The minimum Gasteiger partial charge on any atom is -0.264 e. The van der Waals surface area contributed by atoms with E-state index in [0.717, 1.165) is 6.42 Å². The Kier molecular flexibility index (Phi) is 2.82. The molecule has 0 amide bonds. The monoisotopic (exact) mass is 197 g/mol. The van der Waals surface area contributed by atoms with E-state index in [1.54, 1.807) is 0 Å². The molecule has 15 heavy (non-hydrogen) atoms. The zero-order valence-corrected chi connectivity index (χ0v) is 9.20. The number of benzene rings is 1. The van der Waals surface area contributed by atoms with E-state index < -0.39 is 0 Å². The molecule has 0 saturated heterocycles. The first-order valence-electron chi connectivity index (χ1n) is 5.46. The molecular formula is C14H15N. The first-order valence-corrected chi connectivity index (χ1v) is 5.46. The average molecular weight is 197 g/mol. The van der Waals surface area contributed by atoms with Gasteiger partial charge in [-0.05, 0) is 28.3 Å². The molecule has 1 aromatic heterocycles. The van der Waals surface area contributed by atoms with Crippen molar-refractivity contribution in [2.45, 2.75) is 20.3 Å².